The summed E-state index contributed by atoms with van der Waals surface area (Å²) in [5.74, 6) is 1.81. The maximum absolute atomic E-state index is 5.40. The Labute approximate surface area is 167 Å². The van der Waals surface area contributed by atoms with E-state index >= 15 is 0 Å². The van der Waals surface area contributed by atoms with Gasteiger partial charge in [-0.3, -0.25) is 10.00 Å². The molecular weight excluding hydrogens is 410 g/mol. The SMILES string of the molecule is COc1cc(C[N]c2cccc(-c3nn(C)cc3Br)c2)cc(OC)c1OC. The van der Waals surface area contributed by atoms with Gasteiger partial charge < -0.3 is 14.2 Å². The molecule has 3 aromatic rings. The number of halogens is 1. The molecule has 0 fully saturated rings. The van der Waals surface area contributed by atoms with Crippen LogP contribution in [0, 0.1) is 0 Å². The van der Waals surface area contributed by atoms with Crippen molar-refractivity contribution in [3.8, 4) is 28.5 Å². The zero-order valence-electron chi connectivity index (χ0n) is 15.7. The quantitative estimate of drug-likeness (QED) is 0.560. The first kappa shape index (κ1) is 19.1. The number of ether oxygens (including phenoxy) is 3. The fraction of sp³-hybridized carbons (Fsp3) is 0.250. The van der Waals surface area contributed by atoms with Crippen molar-refractivity contribution < 1.29 is 14.2 Å². The molecule has 0 amide bonds. The number of hydrogen-bond acceptors (Lipinski definition) is 4. The van der Waals surface area contributed by atoms with Crippen molar-refractivity contribution in [1.82, 2.24) is 15.1 Å². The first-order valence-electron chi connectivity index (χ1n) is 8.31. The number of aromatic nitrogens is 2. The van der Waals surface area contributed by atoms with Crippen LogP contribution in [0.3, 0.4) is 0 Å². The molecule has 27 heavy (non-hydrogen) atoms. The third-order valence-electron chi connectivity index (χ3n) is 4.07. The highest BCUT2D eigenvalue weighted by Crippen LogP contribution is 2.38. The Balaban J connectivity index is 1.81. The lowest BCUT2D eigenvalue weighted by Crippen LogP contribution is -2.01. The molecule has 0 saturated carbocycles. The summed E-state index contributed by atoms with van der Waals surface area (Å²) >= 11 is 3.55. The van der Waals surface area contributed by atoms with E-state index in [4.69, 9.17) is 19.5 Å². The van der Waals surface area contributed by atoms with Crippen molar-refractivity contribution in [3.05, 3.63) is 52.6 Å². The Morgan fingerprint density at radius 1 is 1.04 bits per heavy atom. The van der Waals surface area contributed by atoms with Gasteiger partial charge in [-0.15, -0.1) is 0 Å². The molecule has 0 unspecified atom stereocenters. The minimum atomic E-state index is 0.490. The Hall–Kier alpha value is -2.67. The molecule has 2 aromatic carbocycles. The van der Waals surface area contributed by atoms with Crippen LogP contribution in [0.4, 0.5) is 5.69 Å². The molecule has 1 aromatic heterocycles. The smallest absolute Gasteiger partial charge is 0.203 e. The van der Waals surface area contributed by atoms with Gasteiger partial charge in [-0.25, -0.2) is 0 Å². The average Bonchev–Trinajstić information content (AvgIpc) is 3.03. The fourth-order valence-electron chi connectivity index (χ4n) is 2.82. The van der Waals surface area contributed by atoms with Gasteiger partial charge in [0.25, 0.3) is 0 Å². The van der Waals surface area contributed by atoms with E-state index in [0.29, 0.717) is 23.8 Å². The number of methoxy groups -OCH3 is 3. The molecule has 6 nitrogen and oxygen atoms in total. The summed E-state index contributed by atoms with van der Waals surface area (Å²) in [5, 5.41) is 9.19. The van der Waals surface area contributed by atoms with Crippen LogP contribution in [-0.2, 0) is 13.6 Å². The van der Waals surface area contributed by atoms with Gasteiger partial charge in [-0.05, 0) is 45.8 Å². The Morgan fingerprint density at radius 2 is 1.74 bits per heavy atom. The maximum atomic E-state index is 5.40. The summed E-state index contributed by atoms with van der Waals surface area (Å²) in [6.07, 6.45) is 1.93. The number of nitrogens with zero attached hydrogens (tertiary/aromatic N) is 3. The lowest BCUT2D eigenvalue weighted by Gasteiger charge is -2.14. The van der Waals surface area contributed by atoms with Gasteiger partial charge in [0.1, 0.15) is 5.69 Å². The van der Waals surface area contributed by atoms with Crippen molar-refractivity contribution in [1.29, 1.82) is 0 Å². The first-order chi connectivity index (χ1) is 13.0. The molecule has 0 aliphatic heterocycles. The monoisotopic (exact) mass is 430 g/mol. The van der Waals surface area contributed by atoms with Crippen molar-refractivity contribution in [2.75, 3.05) is 21.3 Å². The molecule has 0 bridgehead atoms. The van der Waals surface area contributed by atoms with E-state index < -0.39 is 0 Å². The number of hydrogen-bond donors (Lipinski definition) is 0. The van der Waals surface area contributed by atoms with E-state index in [1.807, 2.05) is 49.6 Å². The van der Waals surface area contributed by atoms with E-state index in [1.165, 1.54) is 0 Å². The molecule has 0 saturated heterocycles. The van der Waals surface area contributed by atoms with Crippen molar-refractivity contribution >= 4 is 21.6 Å². The molecule has 0 aliphatic carbocycles. The molecule has 1 radical (unpaired) electrons. The Morgan fingerprint density at radius 3 is 2.30 bits per heavy atom. The van der Waals surface area contributed by atoms with Gasteiger partial charge in [0.15, 0.2) is 11.5 Å². The second kappa shape index (κ2) is 8.35. The minimum absolute atomic E-state index is 0.490. The molecule has 0 atom stereocenters. The van der Waals surface area contributed by atoms with Gasteiger partial charge in [-0.2, -0.15) is 5.10 Å². The summed E-state index contributed by atoms with van der Waals surface area (Å²) < 4.78 is 18.9. The largest absolute Gasteiger partial charge is 0.493 e. The summed E-state index contributed by atoms with van der Waals surface area (Å²) in [6, 6.07) is 11.8. The molecule has 3 rings (SSSR count). The summed E-state index contributed by atoms with van der Waals surface area (Å²) in [6.45, 7) is 0.490. The van der Waals surface area contributed by atoms with Crippen LogP contribution in [0.25, 0.3) is 11.3 Å². The second-order valence-corrected chi connectivity index (χ2v) is 6.75. The third kappa shape index (κ3) is 4.19. The van der Waals surface area contributed by atoms with Gasteiger partial charge in [0, 0.05) is 18.8 Å². The minimum Gasteiger partial charge on any atom is -0.493 e. The van der Waals surface area contributed by atoms with Crippen molar-refractivity contribution in [2.24, 2.45) is 7.05 Å². The normalized spacial score (nSPS) is 10.6. The maximum Gasteiger partial charge on any atom is 0.203 e. The molecule has 0 aliphatic rings. The number of aryl methyl sites for hydroxylation is 1. The lowest BCUT2D eigenvalue weighted by molar-refractivity contribution is 0.323. The lowest BCUT2D eigenvalue weighted by atomic mass is 10.1. The van der Waals surface area contributed by atoms with Gasteiger partial charge in [-0.1, -0.05) is 12.1 Å². The standard InChI is InChI=1S/C20H21BrN3O3/c1-24-12-16(21)19(23-24)14-6-5-7-15(10-14)22-11-13-8-17(25-2)20(27-4)18(9-13)26-3/h5-10,12H,11H2,1-4H3. The summed E-state index contributed by atoms with van der Waals surface area (Å²) in [4.78, 5) is 0. The summed E-state index contributed by atoms with van der Waals surface area (Å²) in [7, 11) is 6.69. The number of benzene rings is 2. The van der Waals surface area contributed by atoms with Crippen molar-refractivity contribution in [2.45, 2.75) is 6.54 Å². The van der Waals surface area contributed by atoms with Crippen LogP contribution < -0.4 is 19.5 Å². The zero-order chi connectivity index (χ0) is 19.4. The van der Waals surface area contributed by atoms with E-state index in [1.54, 1.807) is 26.0 Å². The molecule has 1 heterocycles. The van der Waals surface area contributed by atoms with Gasteiger partial charge >= 0.3 is 0 Å². The average molecular weight is 431 g/mol. The predicted molar refractivity (Wildman–Crippen MR) is 108 cm³/mol. The van der Waals surface area contributed by atoms with Crippen LogP contribution in [0.2, 0.25) is 0 Å². The molecule has 7 heteroatoms. The Kier molecular flexibility index (Phi) is 5.91. The highest BCUT2D eigenvalue weighted by molar-refractivity contribution is 9.10. The van der Waals surface area contributed by atoms with Gasteiger partial charge in [0.05, 0.1) is 38.0 Å². The van der Waals surface area contributed by atoms with Crippen molar-refractivity contribution in [3.63, 3.8) is 0 Å². The molecule has 141 valence electrons. The van der Waals surface area contributed by atoms with E-state index in [-0.39, 0.29) is 0 Å². The van der Waals surface area contributed by atoms with Gasteiger partial charge in [0.2, 0.25) is 5.75 Å². The fourth-order valence-corrected chi connectivity index (χ4v) is 3.42. The summed E-state index contributed by atoms with van der Waals surface area (Å²) in [5.41, 5.74) is 3.74. The Bertz CT molecular complexity index is 915. The van der Waals surface area contributed by atoms with Crippen LogP contribution >= 0.6 is 15.9 Å². The van der Waals surface area contributed by atoms with E-state index in [9.17, 15) is 0 Å². The highest BCUT2D eigenvalue weighted by Gasteiger charge is 2.14. The zero-order valence-corrected chi connectivity index (χ0v) is 17.3. The highest BCUT2D eigenvalue weighted by atomic mass is 79.9. The topological polar surface area (TPSA) is 59.6 Å². The van der Waals surface area contributed by atoms with Crippen LogP contribution in [0.5, 0.6) is 17.2 Å². The van der Waals surface area contributed by atoms with Crippen LogP contribution in [-0.4, -0.2) is 31.1 Å². The predicted octanol–water partition coefficient (Wildman–Crippen LogP) is 4.31. The second-order valence-electron chi connectivity index (χ2n) is 5.90. The van der Waals surface area contributed by atoms with Crippen LogP contribution in [0.15, 0.2) is 47.1 Å². The first-order valence-corrected chi connectivity index (χ1v) is 9.11. The van der Waals surface area contributed by atoms with E-state index in [0.717, 1.165) is 27.0 Å². The van der Waals surface area contributed by atoms with Crippen LogP contribution in [0.1, 0.15) is 5.56 Å². The molecule has 0 N–H and O–H groups in total. The molecular formula is C20H21BrN3O3. The molecule has 0 spiro atoms. The van der Waals surface area contributed by atoms with E-state index in [2.05, 4.69) is 21.0 Å². The third-order valence-corrected chi connectivity index (χ3v) is 4.65. The number of rotatable bonds is 7.